The van der Waals surface area contributed by atoms with Crippen LogP contribution in [0.15, 0.2) is 29.6 Å². The number of carbonyl (C=O) groups excluding carboxylic acids is 1. The highest BCUT2D eigenvalue weighted by atomic mass is 32.1. The Morgan fingerprint density at radius 1 is 1.45 bits per heavy atom. The minimum absolute atomic E-state index is 0.0188. The van der Waals surface area contributed by atoms with E-state index in [0.29, 0.717) is 13.2 Å². The summed E-state index contributed by atoms with van der Waals surface area (Å²) in [6.07, 6.45) is 1.50. The number of hydrogen-bond donors (Lipinski definition) is 0. The Labute approximate surface area is 134 Å². The van der Waals surface area contributed by atoms with E-state index >= 15 is 0 Å². The smallest absolute Gasteiger partial charge is 0.226 e. The molecule has 0 saturated heterocycles. The summed E-state index contributed by atoms with van der Waals surface area (Å²) in [5, 5.41) is 3.00. The number of para-hydroxylation sites is 1. The number of carbonyl (C=O) groups is 1. The topological polar surface area (TPSA) is 42.4 Å². The molecule has 4 nitrogen and oxygen atoms in total. The van der Waals surface area contributed by atoms with Crippen LogP contribution in [0, 0.1) is 12.8 Å². The first-order valence-corrected chi connectivity index (χ1v) is 8.38. The lowest BCUT2D eigenvalue weighted by molar-refractivity contribution is -0.135. The normalized spacial score (nSPS) is 17.3. The predicted molar refractivity (Wildman–Crippen MR) is 87.1 cm³/mol. The summed E-state index contributed by atoms with van der Waals surface area (Å²) in [7, 11) is 1.86. The average Bonchev–Trinajstić information content (AvgIpc) is 2.80. The molecule has 1 aromatic carbocycles. The van der Waals surface area contributed by atoms with E-state index in [1.54, 1.807) is 16.2 Å². The first kappa shape index (κ1) is 15.0. The van der Waals surface area contributed by atoms with Crippen LogP contribution >= 0.6 is 11.3 Å². The fourth-order valence-electron chi connectivity index (χ4n) is 2.77. The second-order valence-corrected chi connectivity index (χ2v) is 6.67. The average molecular weight is 316 g/mol. The molecule has 3 rings (SSSR count). The van der Waals surface area contributed by atoms with E-state index in [0.717, 1.165) is 34.9 Å². The molecule has 0 bridgehead atoms. The van der Waals surface area contributed by atoms with E-state index in [4.69, 9.17) is 4.74 Å². The van der Waals surface area contributed by atoms with E-state index in [1.165, 1.54) is 0 Å². The van der Waals surface area contributed by atoms with Gasteiger partial charge in [-0.1, -0.05) is 18.2 Å². The number of ether oxygens (including phenoxy) is 1. The molecular formula is C17H20N2O2S. The predicted octanol–water partition coefficient (Wildman–Crippen LogP) is 3.05. The molecule has 2 heterocycles. The fraction of sp³-hybridized carbons (Fsp3) is 0.412. The minimum Gasteiger partial charge on any atom is -0.493 e. The van der Waals surface area contributed by atoms with Crippen molar-refractivity contribution in [2.24, 2.45) is 5.92 Å². The summed E-state index contributed by atoms with van der Waals surface area (Å²) >= 11 is 1.60. The summed E-state index contributed by atoms with van der Waals surface area (Å²) < 4.78 is 5.75. The molecule has 0 saturated carbocycles. The van der Waals surface area contributed by atoms with Gasteiger partial charge in [-0.05, 0) is 31.4 Å². The van der Waals surface area contributed by atoms with E-state index in [-0.39, 0.29) is 11.8 Å². The molecule has 0 aliphatic carbocycles. The van der Waals surface area contributed by atoms with Crippen LogP contribution in [0.4, 0.5) is 0 Å². The largest absolute Gasteiger partial charge is 0.493 e. The lowest BCUT2D eigenvalue weighted by Gasteiger charge is -2.21. The number of amides is 1. The van der Waals surface area contributed by atoms with Crippen LogP contribution < -0.4 is 4.74 Å². The van der Waals surface area contributed by atoms with Crippen molar-refractivity contribution in [1.29, 1.82) is 0 Å². The molecule has 0 spiro atoms. The zero-order valence-corrected chi connectivity index (χ0v) is 13.7. The van der Waals surface area contributed by atoms with Gasteiger partial charge in [-0.15, -0.1) is 11.3 Å². The van der Waals surface area contributed by atoms with Crippen molar-refractivity contribution in [3.05, 3.63) is 45.9 Å². The summed E-state index contributed by atoms with van der Waals surface area (Å²) in [5.41, 5.74) is 2.13. The number of rotatable bonds is 3. The number of benzene rings is 1. The lowest BCUT2D eigenvalue weighted by atomic mass is 9.95. The maximum atomic E-state index is 12.7. The monoisotopic (exact) mass is 316 g/mol. The number of aromatic nitrogens is 1. The van der Waals surface area contributed by atoms with Crippen molar-refractivity contribution in [1.82, 2.24) is 9.88 Å². The zero-order valence-electron chi connectivity index (χ0n) is 12.9. The maximum Gasteiger partial charge on any atom is 0.226 e. The van der Waals surface area contributed by atoms with Crippen LogP contribution in [-0.4, -0.2) is 29.4 Å². The summed E-state index contributed by atoms with van der Waals surface area (Å²) in [6, 6.07) is 7.99. The third-order valence-electron chi connectivity index (χ3n) is 3.93. The number of hydrogen-bond acceptors (Lipinski definition) is 4. The van der Waals surface area contributed by atoms with Crippen LogP contribution in [0.2, 0.25) is 0 Å². The molecule has 1 atom stereocenters. The summed E-state index contributed by atoms with van der Waals surface area (Å²) in [5.74, 6) is 1.07. The van der Waals surface area contributed by atoms with E-state index in [1.807, 2.05) is 43.6 Å². The highest BCUT2D eigenvalue weighted by Gasteiger charge is 2.26. The van der Waals surface area contributed by atoms with Gasteiger partial charge >= 0.3 is 0 Å². The van der Waals surface area contributed by atoms with Crippen LogP contribution in [0.3, 0.4) is 0 Å². The van der Waals surface area contributed by atoms with Crippen molar-refractivity contribution >= 4 is 17.2 Å². The molecule has 1 aliphatic rings. The Balaban J connectivity index is 1.69. The molecule has 1 amide bonds. The highest BCUT2D eigenvalue weighted by molar-refractivity contribution is 7.09. The van der Waals surface area contributed by atoms with Crippen molar-refractivity contribution < 1.29 is 9.53 Å². The van der Waals surface area contributed by atoms with Crippen molar-refractivity contribution in [3.63, 3.8) is 0 Å². The number of thiazole rings is 1. The molecule has 0 unspecified atom stereocenters. The molecule has 22 heavy (non-hydrogen) atoms. The Morgan fingerprint density at radius 2 is 2.27 bits per heavy atom. The van der Waals surface area contributed by atoms with Gasteiger partial charge in [-0.25, -0.2) is 4.98 Å². The second-order valence-electron chi connectivity index (χ2n) is 5.72. The molecule has 116 valence electrons. The van der Waals surface area contributed by atoms with Gasteiger partial charge in [0.05, 0.1) is 13.2 Å². The molecule has 2 aromatic rings. The molecule has 0 radical (unpaired) electrons. The quantitative estimate of drug-likeness (QED) is 0.874. The molecule has 1 aliphatic heterocycles. The van der Waals surface area contributed by atoms with Crippen LogP contribution in [0.1, 0.15) is 22.7 Å². The van der Waals surface area contributed by atoms with E-state index in [9.17, 15) is 4.79 Å². The van der Waals surface area contributed by atoms with Gasteiger partial charge in [0.25, 0.3) is 0 Å². The third-order valence-corrected chi connectivity index (χ3v) is 4.88. The van der Waals surface area contributed by atoms with Gasteiger partial charge in [-0.2, -0.15) is 0 Å². The Morgan fingerprint density at radius 3 is 3.05 bits per heavy atom. The van der Waals surface area contributed by atoms with Gasteiger partial charge < -0.3 is 9.64 Å². The summed E-state index contributed by atoms with van der Waals surface area (Å²) in [4.78, 5) is 18.9. The first-order chi connectivity index (χ1) is 10.6. The van der Waals surface area contributed by atoms with Crippen molar-refractivity contribution in [3.8, 4) is 5.75 Å². The van der Waals surface area contributed by atoms with E-state index in [2.05, 4.69) is 4.98 Å². The SMILES string of the molecule is Cc1csc(CN(C)C(=O)[C@H]2CCOc3ccccc3C2)n1. The molecule has 0 N–H and O–H groups in total. The molecule has 5 heteroatoms. The van der Waals surface area contributed by atoms with E-state index < -0.39 is 0 Å². The number of aryl methyl sites for hydroxylation is 1. The first-order valence-electron chi connectivity index (χ1n) is 7.50. The van der Waals surface area contributed by atoms with Crippen LogP contribution in [-0.2, 0) is 17.8 Å². The highest BCUT2D eigenvalue weighted by Crippen LogP contribution is 2.27. The maximum absolute atomic E-state index is 12.7. The fourth-order valence-corrected chi connectivity index (χ4v) is 3.59. The van der Waals surface area contributed by atoms with Gasteiger partial charge in [-0.3, -0.25) is 4.79 Å². The van der Waals surface area contributed by atoms with Crippen LogP contribution in [0.5, 0.6) is 5.75 Å². The van der Waals surface area contributed by atoms with Crippen molar-refractivity contribution in [2.45, 2.75) is 26.3 Å². The Bertz CT molecular complexity index is 668. The van der Waals surface area contributed by atoms with Crippen molar-refractivity contribution in [2.75, 3.05) is 13.7 Å². The molecular weight excluding hydrogens is 296 g/mol. The van der Waals surface area contributed by atoms with Gasteiger partial charge in [0.2, 0.25) is 5.91 Å². The minimum atomic E-state index is -0.0188. The molecule has 1 aromatic heterocycles. The Kier molecular flexibility index (Phi) is 4.43. The molecule has 0 fully saturated rings. The number of fused-ring (bicyclic) bond motifs is 1. The van der Waals surface area contributed by atoms with Crippen LogP contribution in [0.25, 0.3) is 0 Å². The van der Waals surface area contributed by atoms with Gasteiger partial charge in [0.1, 0.15) is 10.8 Å². The summed E-state index contributed by atoms with van der Waals surface area (Å²) in [6.45, 7) is 3.15. The third kappa shape index (κ3) is 3.30. The van der Waals surface area contributed by atoms with Gasteiger partial charge in [0, 0.05) is 24.0 Å². The van der Waals surface area contributed by atoms with Gasteiger partial charge in [0.15, 0.2) is 0 Å². The zero-order chi connectivity index (χ0) is 15.5. The Hall–Kier alpha value is -1.88. The second kappa shape index (κ2) is 6.48. The number of nitrogens with zero attached hydrogens (tertiary/aromatic N) is 2. The standard InChI is InChI=1S/C17H20N2O2S/c1-12-11-22-16(18-12)10-19(2)17(20)14-7-8-21-15-6-4-3-5-13(15)9-14/h3-6,11,14H,7-10H2,1-2H3/t14-/m0/s1. The lowest BCUT2D eigenvalue weighted by Crippen LogP contribution is -2.33.